The van der Waals surface area contributed by atoms with Crippen LogP contribution in [0.4, 0.5) is 0 Å². The van der Waals surface area contributed by atoms with Gasteiger partial charge in [-0.15, -0.1) is 0 Å². The lowest BCUT2D eigenvalue weighted by atomic mass is 9.83. The molecular weight excluding hydrogens is 463 g/mol. The summed E-state index contributed by atoms with van der Waals surface area (Å²) in [6, 6.07) is 7.89. The lowest BCUT2D eigenvalue weighted by Crippen LogP contribution is -2.53. The first-order chi connectivity index (χ1) is 16.2. The smallest absolute Gasteiger partial charge is 0.429 e. The van der Waals surface area contributed by atoms with Crippen molar-refractivity contribution in [3.63, 3.8) is 0 Å². The number of aliphatic imine (C=N–C) groups is 1. The Kier molecular flexibility index (Phi) is 10.8. The summed E-state index contributed by atoms with van der Waals surface area (Å²) < 4.78 is 32.1. The molecular formula is C20H32BN6O6S. The van der Waals surface area contributed by atoms with Crippen LogP contribution in [0.5, 0.6) is 0 Å². The Balaban J connectivity index is 1.92. The molecule has 12 nitrogen and oxygen atoms in total. The molecule has 1 aromatic carbocycles. The standard InChI is InChI=1S/C20H32BN6O6S/c22-19(23)25-12-6-9-16(33-21-30)27-18(29)20(10-4-5-11-20)17(28)24-13-14-26-34(31,32)15-7-2-1-3-8-15/h1-3,7-8,16,26,30H,4-6,9-14H2,(H,24,28)(H,27,29)(H4,22,23,25)/t16-/m1/s1. The molecule has 1 saturated carbocycles. The van der Waals surface area contributed by atoms with E-state index < -0.39 is 33.5 Å². The van der Waals surface area contributed by atoms with Crippen molar-refractivity contribution in [2.45, 2.75) is 49.6 Å². The number of benzene rings is 1. The fourth-order valence-electron chi connectivity index (χ4n) is 3.77. The van der Waals surface area contributed by atoms with Crippen molar-refractivity contribution in [1.29, 1.82) is 0 Å². The van der Waals surface area contributed by atoms with Crippen LogP contribution in [-0.4, -0.2) is 64.8 Å². The fourth-order valence-corrected chi connectivity index (χ4v) is 4.82. The summed E-state index contributed by atoms with van der Waals surface area (Å²) in [4.78, 5) is 30.0. The van der Waals surface area contributed by atoms with Gasteiger partial charge in [0, 0.05) is 19.6 Å². The number of hydrogen-bond donors (Lipinski definition) is 6. The molecule has 0 heterocycles. The van der Waals surface area contributed by atoms with E-state index in [2.05, 4.69) is 20.3 Å². The van der Waals surface area contributed by atoms with Crippen molar-refractivity contribution in [2.75, 3.05) is 19.6 Å². The second-order valence-corrected chi connectivity index (χ2v) is 9.68. The van der Waals surface area contributed by atoms with Gasteiger partial charge in [-0.3, -0.25) is 14.6 Å². The SMILES string of the molecule is NC(N)=NCCC[C@H](NC(=O)C1(C(=O)NCCNS(=O)(=O)c2ccccc2)CCCC1)O[B]O. The second kappa shape index (κ2) is 13.3. The van der Waals surface area contributed by atoms with E-state index in [1.54, 1.807) is 18.2 Å². The zero-order valence-electron chi connectivity index (χ0n) is 18.9. The Morgan fingerprint density at radius 1 is 1.15 bits per heavy atom. The second-order valence-electron chi connectivity index (χ2n) is 7.91. The molecule has 187 valence electrons. The first-order valence-corrected chi connectivity index (χ1v) is 12.5. The number of nitrogens with one attached hydrogen (secondary N) is 3. The first kappa shape index (κ1) is 27.6. The Morgan fingerprint density at radius 2 is 1.82 bits per heavy atom. The molecule has 8 N–H and O–H groups in total. The van der Waals surface area contributed by atoms with Gasteiger partial charge < -0.3 is 31.8 Å². The summed E-state index contributed by atoms with van der Waals surface area (Å²) in [6.45, 7) is 0.299. The first-order valence-electron chi connectivity index (χ1n) is 11.0. The molecule has 0 saturated heterocycles. The number of nitrogens with zero attached hydrogens (tertiary/aromatic N) is 1. The average molecular weight is 495 g/mol. The Hall–Kier alpha value is -2.68. The summed E-state index contributed by atoms with van der Waals surface area (Å²) in [5.41, 5.74) is 9.27. The van der Waals surface area contributed by atoms with E-state index in [0.29, 0.717) is 52.8 Å². The lowest BCUT2D eigenvalue weighted by Gasteiger charge is -2.29. The molecule has 34 heavy (non-hydrogen) atoms. The van der Waals surface area contributed by atoms with Gasteiger partial charge in [0.15, 0.2) is 5.96 Å². The predicted octanol–water partition coefficient (Wildman–Crippen LogP) is -1.32. The van der Waals surface area contributed by atoms with Gasteiger partial charge in [0.2, 0.25) is 21.8 Å². The molecule has 1 radical (unpaired) electrons. The Bertz CT molecular complexity index is 936. The van der Waals surface area contributed by atoms with E-state index in [1.807, 2.05) is 0 Å². The monoisotopic (exact) mass is 495 g/mol. The molecule has 0 unspecified atom stereocenters. The van der Waals surface area contributed by atoms with Gasteiger partial charge in [-0.2, -0.15) is 0 Å². The molecule has 1 aliphatic rings. The molecule has 0 aromatic heterocycles. The molecule has 0 spiro atoms. The van der Waals surface area contributed by atoms with Gasteiger partial charge in [-0.25, -0.2) is 13.1 Å². The number of sulfonamides is 1. The number of carbonyl (C=O) groups is 2. The highest BCUT2D eigenvalue weighted by atomic mass is 32.2. The minimum atomic E-state index is -3.70. The van der Waals surface area contributed by atoms with Crippen LogP contribution in [0.15, 0.2) is 40.2 Å². The van der Waals surface area contributed by atoms with Crippen molar-refractivity contribution in [2.24, 2.45) is 21.9 Å². The highest BCUT2D eigenvalue weighted by Crippen LogP contribution is 2.38. The van der Waals surface area contributed by atoms with Gasteiger partial charge >= 0.3 is 7.69 Å². The Labute approximate surface area is 200 Å². The fraction of sp³-hybridized carbons (Fsp3) is 0.550. The third-order valence-corrected chi connectivity index (χ3v) is 7.00. The lowest BCUT2D eigenvalue weighted by molar-refractivity contribution is -0.145. The molecule has 14 heteroatoms. The van der Waals surface area contributed by atoms with E-state index >= 15 is 0 Å². The van der Waals surface area contributed by atoms with Crippen molar-refractivity contribution in [3.8, 4) is 0 Å². The van der Waals surface area contributed by atoms with Crippen molar-refractivity contribution < 1.29 is 27.7 Å². The number of hydrogen-bond acceptors (Lipinski definition) is 7. The summed E-state index contributed by atoms with van der Waals surface area (Å²) in [7, 11) is -3.22. The normalized spacial score (nSPS) is 15.8. The Morgan fingerprint density at radius 3 is 2.44 bits per heavy atom. The van der Waals surface area contributed by atoms with Crippen LogP contribution in [-0.2, 0) is 24.3 Å². The van der Waals surface area contributed by atoms with E-state index in [9.17, 15) is 18.0 Å². The summed E-state index contributed by atoms with van der Waals surface area (Å²) in [5.74, 6) is -1.04. The maximum absolute atomic E-state index is 13.1. The van der Waals surface area contributed by atoms with Crippen LogP contribution in [0.1, 0.15) is 38.5 Å². The largest absolute Gasteiger partial charge is 0.486 e. The van der Waals surface area contributed by atoms with Crippen LogP contribution in [0.3, 0.4) is 0 Å². The van der Waals surface area contributed by atoms with Crippen LogP contribution in [0.2, 0.25) is 0 Å². The van der Waals surface area contributed by atoms with E-state index in [-0.39, 0.29) is 23.9 Å². The van der Waals surface area contributed by atoms with Crippen molar-refractivity contribution >= 4 is 35.5 Å². The number of rotatable bonds is 14. The maximum atomic E-state index is 13.1. The topological polar surface area (TPSA) is 198 Å². The van der Waals surface area contributed by atoms with Crippen LogP contribution < -0.4 is 26.8 Å². The number of nitrogens with two attached hydrogens (primary N) is 2. The van der Waals surface area contributed by atoms with E-state index in [4.69, 9.17) is 21.1 Å². The summed E-state index contributed by atoms with van der Waals surface area (Å²) in [5, 5.41) is 14.4. The zero-order chi connectivity index (χ0) is 25.0. The quantitative estimate of drug-likeness (QED) is 0.0456. The molecule has 2 amide bonds. The van der Waals surface area contributed by atoms with Gasteiger partial charge in [-0.1, -0.05) is 31.0 Å². The summed E-state index contributed by atoms with van der Waals surface area (Å²) >= 11 is 0. The van der Waals surface area contributed by atoms with Crippen LogP contribution in [0.25, 0.3) is 0 Å². The van der Waals surface area contributed by atoms with Crippen molar-refractivity contribution in [3.05, 3.63) is 30.3 Å². The van der Waals surface area contributed by atoms with Crippen molar-refractivity contribution in [1.82, 2.24) is 15.4 Å². The summed E-state index contributed by atoms with van der Waals surface area (Å²) in [6.07, 6.45) is 2.01. The number of guanidine groups is 1. The van der Waals surface area contributed by atoms with Gasteiger partial charge in [0.25, 0.3) is 0 Å². The zero-order valence-corrected chi connectivity index (χ0v) is 19.7. The number of carbonyl (C=O) groups excluding carboxylic acids is 2. The number of amides is 2. The molecule has 1 aliphatic carbocycles. The van der Waals surface area contributed by atoms with Gasteiger partial charge in [-0.05, 0) is 37.8 Å². The minimum absolute atomic E-state index is 0.0167. The maximum Gasteiger partial charge on any atom is 0.486 e. The predicted molar refractivity (Wildman–Crippen MR) is 126 cm³/mol. The van der Waals surface area contributed by atoms with Crippen LogP contribution in [0, 0.1) is 5.41 Å². The van der Waals surface area contributed by atoms with Gasteiger partial charge in [0.05, 0.1) is 4.90 Å². The molecule has 2 rings (SSSR count). The highest BCUT2D eigenvalue weighted by Gasteiger charge is 2.48. The molecule has 0 bridgehead atoms. The molecule has 1 aromatic rings. The average Bonchev–Trinajstić information content (AvgIpc) is 3.31. The van der Waals surface area contributed by atoms with Gasteiger partial charge in [0.1, 0.15) is 11.6 Å². The minimum Gasteiger partial charge on any atom is -0.429 e. The highest BCUT2D eigenvalue weighted by molar-refractivity contribution is 7.89. The van der Waals surface area contributed by atoms with E-state index in [1.165, 1.54) is 12.1 Å². The van der Waals surface area contributed by atoms with E-state index in [0.717, 1.165) is 0 Å². The third-order valence-electron chi connectivity index (χ3n) is 5.52. The third kappa shape index (κ3) is 7.97. The van der Waals surface area contributed by atoms with Crippen LogP contribution >= 0.6 is 0 Å². The molecule has 0 aliphatic heterocycles. The molecule has 1 fully saturated rings. The molecule has 1 atom stereocenters.